The van der Waals surface area contributed by atoms with Gasteiger partial charge in [-0.2, -0.15) is 0 Å². The summed E-state index contributed by atoms with van der Waals surface area (Å²) in [5.74, 6) is 1.12. The molecule has 4 aromatic rings. The van der Waals surface area contributed by atoms with Gasteiger partial charge >= 0.3 is 51.4 Å². The molecule has 0 aliphatic heterocycles. The van der Waals surface area contributed by atoms with Gasteiger partial charge < -0.3 is 17.0 Å². The summed E-state index contributed by atoms with van der Waals surface area (Å²) in [6.45, 7) is 0. The van der Waals surface area contributed by atoms with Crippen LogP contribution in [0.5, 0.6) is 0 Å². The fourth-order valence-corrected chi connectivity index (χ4v) is 2.27. The Morgan fingerprint density at radius 2 is 1.90 bits per heavy atom. The van der Waals surface area contributed by atoms with Crippen LogP contribution in [0.1, 0.15) is 0 Å². The van der Waals surface area contributed by atoms with Gasteiger partial charge in [-0.05, 0) is 24.3 Å². The SMILES string of the molecule is [K+].[S-]c1nc2ccccc2c2nc(-c3ccco3)nn12. The molecule has 0 unspecified atom stereocenters. The quantitative estimate of drug-likeness (QED) is 0.268. The van der Waals surface area contributed by atoms with E-state index in [9.17, 15) is 0 Å². The molecule has 0 bridgehead atoms. The minimum absolute atomic E-state index is 0. The van der Waals surface area contributed by atoms with E-state index < -0.39 is 0 Å². The summed E-state index contributed by atoms with van der Waals surface area (Å²) in [5.41, 5.74) is 1.51. The Hall–Kier alpha value is -0.834. The van der Waals surface area contributed by atoms with Crippen LogP contribution in [-0.4, -0.2) is 19.6 Å². The van der Waals surface area contributed by atoms with Gasteiger partial charge in [0.05, 0.1) is 11.8 Å². The monoisotopic (exact) mass is 306 g/mol. The van der Waals surface area contributed by atoms with Crippen LogP contribution in [0.2, 0.25) is 0 Å². The van der Waals surface area contributed by atoms with Gasteiger partial charge in [-0.3, -0.25) is 4.98 Å². The van der Waals surface area contributed by atoms with Gasteiger partial charge in [-0.25, -0.2) is 9.50 Å². The van der Waals surface area contributed by atoms with Crippen molar-refractivity contribution in [1.82, 2.24) is 19.6 Å². The molecule has 0 radical (unpaired) electrons. The average molecular weight is 306 g/mol. The van der Waals surface area contributed by atoms with Crippen LogP contribution in [-0.2, 0) is 12.6 Å². The predicted molar refractivity (Wildman–Crippen MR) is 71.6 cm³/mol. The maximum atomic E-state index is 5.31. The molecule has 5 nitrogen and oxygen atoms in total. The zero-order chi connectivity index (χ0) is 12.8. The number of nitrogens with zero attached hydrogens (tertiary/aromatic N) is 4. The average Bonchev–Trinajstić information content (AvgIpc) is 3.08. The first-order valence-corrected chi connectivity index (χ1v) is 6.10. The smallest absolute Gasteiger partial charge is 0.740 e. The molecule has 0 aliphatic rings. The van der Waals surface area contributed by atoms with E-state index in [2.05, 4.69) is 15.1 Å². The maximum absolute atomic E-state index is 5.31. The van der Waals surface area contributed by atoms with E-state index in [4.69, 9.17) is 17.0 Å². The Balaban J connectivity index is 0.00000121. The molecule has 3 aromatic heterocycles. The van der Waals surface area contributed by atoms with Crippen LogP contribution in [0.15, 0.2) is 52.2 Å². The fourth-order valence-electron chi connectivity index (χ4n) is 2.04. The largest absolute Gasteiger partial charge is 1.00 e. The van der Waals surface area contributed by atoms with E-state index in [-0.39, 0.29) is 51.4 Å². The van der Waals surface area contributed by atoms with Crippen LogP contribution in [0.3, 0.4) is 0 Å². The fraction of sp³-hybridized carbons (Fsp3) is 0. The van der Waals surface area contributed by atoms with Crippen molar-refractivity contribution >= 4 is 29.2 Å². The molecule has 0 atom stereocenters. The third kappa shape index (κ3) is 2.20. The number of furan rings is 1. The van der Waals surface area contributed by atoms with Gasteiger partial charge in [0.25, 0.3) is 0 Å². The second-order valence-corrected chi connectivity index (χ2v) is 4.42. The molecule has 20 heavy (non-hydrogen) atoms. The summed E-state index contributed by atoms with van der Waals surface area (Å²) in [6, 6.07) is 11.3. The molecule has 7 heteroatoms. The van der Waals surface area contributed by atoms with Crippen LogP contribution in [0, 0.1) is 0 Å². The molecule has 3 heterocycles. The van der Waals surface area contributed by atoms with Gasteiger partial charge in [0.15, 0.2) is 11.4 Å². The van der Waals surface area contributed by atoms with Crippen LogP contribution < -0.4 is 51.4 Å². The van der Waals surface area contributed by atoms with E-state index in [0.717, 1.165) is 10.9 Å². The van der Waals surface area contributed by atoms with Gasteiger partial charge in [0, 0.05) is 10.5 Å². The zero-order valence-corrected chi connectivity index (χ0v) is 14.6. The topological polar surface area (TPSA) is 56.2 Å². The normalized spacial score (nSPS) is 10.8. The summed E-state index contributed by atoms with van der Waals surface area (Å²) in [4.78, 5) is 8.84. The molecular formula is C13H7KN4OS. The van der Waals surface area contributed by atoms with E-state index in [1.165, 1.54) is 0 Å². The number of para-hydroxylation sites is 1. The van der Waals surface area contributed by atoms with Crippen molar-refractivity contribution in [3.8, 4) is 11.6 Å². The number of rotatable bonds is 1. The second kappa shape index (κ2) is 5.51. The molecule has 0 saturated heterocycles. The van der Waals surface area contributed by atoms with Crippen LogP contribution >= 0.6 is 0 Å². The maximum Gasteiger partial charge on any atom is 1.00 e. The van der Waals surface area contributed by atoms with Gasteiger partial charge in [-0.1, -0.05) is 12.1 Å². The molecule has 0 spiro atoms. The van der Waals surface area contributed by atoms with E-state index in [1.807, 2.05) is 30.3 Å². The predicted octanol–water partition coefficient (Wildman–Crippen LogP) is -0.553. The molecule has 1 aromatic carbocycles. The number of hydrogen-bond donors (Lipinski definition) is 0. The van der Waals surface area contributed by atoms with Crippen molar-refractivity contribution < 1.29 is 55.8 Å². The molecule has 0 aliphatic carbocycles. The van der Waals surface area contributed by atoms with Crippen molar-refractivity contribution in [1.29, 1.82) is 0 Å². The van der Waals surface area contributed by atoms with Crippen molar-refractivity contribution in [3.05, 3.63) is 42.7 Å². The van der Waals surface area contributed by atoms with E-state index in [1.54, 1.807) is 16.8 Å². The van der Waals surface area contributed by atoms with Crippen LogP contribution in [0.4, 0.5) is 0 Å². The first kappa shape index (κ1) is 14.1. The van der Waals surface area contributed by atoms with Gasteiger partial charge in [-0.15, -0.1) is 5.10 Å². The van der Waals surface area contributed by atoms with Crippen molar-refractivity contribution in [2.24, 2.45) is 0 Å². The summed E-state index contributed by atoms with van der Waals surface area (Å²) in [7, 11) is 0. The molecule has 0 amide bonds. The van der Waals surface area contributed by atoms with Crippen molar-refractivity contribution in [2.75, 3.05) is 0 Å². The standard InChI is InChI=1S/C13H8N4OS.K/c19-13-14-9-5-2-1-4-8(9)12-15-11(16-17(12)13)10-6-3-7-18-10;/h1-7H,(H,14,19);/q;+1/p-1. The third-order valence-corrected chi connectivity index (χ3v) is 3.16. The van der Waals surface area contributed by atoms with Gasteiger partial charge in [0.2, 0.25) is 5.82 Å². The molecule has 0 saturated carbocycles. The number of aromatic nitrogens is 4. The van der Waals surface area contributed by atoms with E-state index >= 15 is 0 Å². The van der Waals surface area contributed by atoms with Crippen molar-refractivity contribution in [3.63, 3.8) is 0 Å². The number of benzene rings is 1. The minimum Gasteiger partial charge on any atom is -0.740 e. The minimum atomic E-state index is 0. The Kier molecular flexibility index (Phi) is 3.89. The number of fused-ring (bicyclic) bond motifs is 3. The Labute approximate surface area is 162 Å². The molecule has 92 valence electrons. The summed E-state index contributed by atoms with van der Waals surface area (Å²) in [5, 5.41) is 5.66. The Morgan fingerprint density at radius 1 is 1.05 bits per heavy atom. The van der Waals surface area contributed by atoms with Crippen LogP contribution in [0.25, 0.3) is 28.1 Å². The summed E-state index contributed by atoms with van der Waals surface area (Å²) >= 11 is 5.24. The van der Waals surface area contributed by atoms with Crippen molar-refractivity contribution in [2.45, 2.75) is 5.16 Å². The second-order valence-electron chi connectivity index (χ2n) is 4.06. The molecule has 0 fully saturated rings. The molecule has 4 rings (SSSR count). The summed E-state index contributed by atoms with van der Waals surface area (Å²) < 4.78 is 6.87. The zero-order valence-electron chi connectivity index (χ0n) is 10.6. The molecular weight excluding hydrogens is 299 g/mol. The Bertz CT molecular complexity index is 888. The first-order chi connectivity index (χ1) is 9.33. The summed E-state index contributed by atoms with van der Waals surface area (Å²) in [6.07, 6.45) is 1.59. The number of hydrogen-bond acceptors (Lipinski definition) is 5. The third-order valence-electron chi connectivity index (χ3n) is 2.89. The van der Waals surface area contributed by atoms with E-state index in [0.29, 0.717) is 22.4 Å². The van der Waals surface area contributed by atoms with Gasteiger partial charge in [0.1, 0.15) is 0 Å². The molecule has 0 N–H and O–H groups in total. The Morgan fingerprint density at radius 3 is 2.70 bits per heavy atom. The first-order valence-electron chi connectivity index (χ1n) is 5.69.